The Balaban J connectivity index is 0.00000364. The summed E-state index contributed by atoms with van der Waals surface area (Å²) in [6.45, 7) is 11.2. The van der Waals surface area contributed by atoms with E-state index in [0.29, 0.717) is 5.56 Å². The average Bonchev–Trinajstić information content (AvgIpc) is 2.64. The third-order valence-corrected chi connectivity index (χ3v) is 5.10. The van der Waals surface area contributed by atoms with Crippen molar-refractivity contribution in [1.82, 2.24) is 15.5 Å². The first-order valence-electron chi connectivity index (χ1n) is 9.75. The molecule has 0 spiro atoms. The monoisotopic (exact) mass is 494 g/mol. The summed E-state index contributed by atoms with van der Waals surface area (Å²) in [5, 5.41) is 6.50. The summed E-state index contributed by atoms with van der Waals surface area (Å²) in [5.74, 6) is -0.184. The molecule has 1 aliphatic rings. The third kappa shape index (κ3) is 7.89. The van der Waals surface area contributed by atoms with Crippen molar-refractivity contribution in [3.63, 3.8) is 0 Å². The van der Waals surface area contributed by atoms with Crippen molar-refractivity contribution in [3.05, 3.63) is 35.4 Å². The minimum atomic E-state index is -0.823. The van der Waals surface area contributed by atoms with Crippen LogP contribution in [0.15, 0.2) is 23.2 Å². The fourth-order valence-electron chi connectivity index (χ4n) is 3.34. The molecule has 2 N–H and O–H groups in total. The van der Waals surface area contributed by atoms with Gasteiger partial charge in [0.05, 0.1) is 6.04 Å². The minimum Gasteiger partial charge on any atom is -0.357 e. The van der Waals surface area contributed by atoms with Gasteiger partial charge < -0.3 is 15.5 Å². The standard InChI is InChI=1S/C20H32F2N4.HI/c1-4-23-20(24-11-8-16-9-12-26(5-2)13-10-16)25-15(3)17-6-7-18(21)19(22)14-17;/h6-7,14-16H,4-5,8-13H2,1-3H3,(H2,23,24,25);1H. The molecule has 0 amide bonds. The largest absolute Gasteiger partial charge is 0.357 e. The van der Waals surface area contributed by atoms with E-state index in [2.05, 4.69) is 27.4 Å². The Morgan fingerprint density at radius 1 is 1.22 bits per heavy atom. The van der Waals surface area contributed by atoms with Crippen LogP contribution in [0.5, 0.6) is 0 Å². The van der Waals surface area contributed by atoms with Crippen LogP contribution in [0.4, 0.5) is 8.78 Å². The summed E-state index contributed by atoms with van der Waals surface area (Å²) in [6.07, 6.45) is 3.59. The van der Waals surface area contributed by atoms with Crippen LogP contribution in [-0.2, 0) is 0 Å². The minimum absolute atomic E-state index is 0. The van der Waals surface area contributed by atoms with Crippen LogP contribution in [0, 0.1) is 17.6 Å². The van der Waals surface area contributed by atoms with Crippen molar-refractivity contribution >= 4 is 29.9 Å². The highest BCUT2D eigenvalue weighted by Gasteiger charge is 2.17. The molecule has 1 atom stereocenters. The van der Waals surface area contributed by atoms with Gasteiger partial charge >= 0.3 is 0 Å². The molecule has 1 aromatic carbocycles. The molecule has 27 heavy (non-hydrogen) atoms. The van der Waals surface area contributed by atoms with E-state index < -0.39 is 11.6 Å². The predicted molar refractivity (Wildman–Crippen MR) is 119 cm³/mol. The molecule has 1 unspecified atom stereocenters. The number of halogens is 3. The van der Waals surface area contributed by atoms with E-state index in [1.807, 2.05) is 13.8 Å². The summed E-state index contributed by atoms with van der Waals surface area (Å²) in [4.78, 5) is 7.16. The number of nitrogens with zero attached hydrogens (tertiary/aromatic N) is 2. The van der Waals surface area contributed by atoms with E-state index in [-0.39, 0.29) is 30.0 Å². The molecular weight excluding hydrogens is 461 g/mol. The number of guanidine groups is 1. The van der Waals surface area contributed by atoms with Gasteiger partial charge in [0.1, 0.15) is 0 Å². The second kappa shape index (κ2) is 12.5. The Morgan fingerprint density at radius 3 is 2.52 bits per heavy atom. The van der Waals surface area contributed by atoms with Crippen molar-refractivity contribution in [2.45, 2.75) is 46.1 Å². The van der Waals surface area contributed by atoms with Gasteiger partial charge in [0.15, 0.2) is 17.6 Å². The van der Waals surface area contributed by atoms with Gasteiger partial charge in [0.2, 0.25) is 0 Å². The zero-order valence-corrected chi connectivity index (χ0v) is 18.9. The molecule has 154 valence electrons. The molecular formula is C20H33F2IN4. The zero-order valence-electron chi connectivity index (χ0n) is 16.6. The van der Waals surface area contributed by atoms with Crippen LogP contribution >= 0.6 is 24.0 Å². The van der Waals surface area contributed by atoms with E-state index >= 15 is 0 Å². The van der Waals surface area contributed by atoms with E-state index in [9.17, 15) is 8.78 Å². The van der Waals surface area contributed by atoms with E-state index in [1.165, 1.54) is 32.0 Å². The zero-order chi connectivity index (χ0) is 18.9. The molecule has 0 radical (unpaired) electrons. The first-order chi connectivity index (χ1) is 12.5. The average molecular weight is 494 g/mol. The van der Waals surface area contributed by atoms with Gasteiger partial charge in [-0.05, 0) is 76.4 Å². The van der Waals surface area contributed by atoms with Crippen LogP contribution in [-0.4, -0.2) is 43.6 Å². The highest BCUT2D eigenvalue weighted by Crippen LogP contribution is 2.20. The molecule has 0 aliphatic carbocycles. The van der Waals surface area contributed by atoms with Crippen molar-refractivity contribution in [2.24, 2.45) is 10.9 Å². The maximum atomic E-state index is 13.4. The van der Waals surface area contributed by atoms with Crippen LogP contribution in [0.25, 0.3) is 0 Å². The SMILES string of the molecule is CCNC(=NCCC1CCN(CC)CC1)NC(C)c1ccc(F)c(F)c1.I. The molecule has 1 heterocycles. The normalized spacial score (nSPS) is 17.3. The number of piperidine rings is 1. The molecule has 1 fully saturated rings. The highest BCUT2D eigenvalue weighted by molar-refractivity contribution is 14.0. The van der Waals surface area contributed by atoms with Gasteiger partial charge in [0.25, 0.3) is 0 Å². The van der Waals surface area contributed by atoms with E-state index in [0.717, 1.165) is 44.0 Å². The molecule has 0 saturated carbocycles. The van der Waals surface area contributed by atoms with Crippen molar-refractivity contribution < 1.29 is 8.78 Å². The second-order valence-corrected chi connectivity index (χ2v) is 6.97. The van der Waals surface area contributed by atoms with Crippen LogP contribution in [0.3, 0.4) is 0 Å². The lowest BCUT2D eigenvalue weighted by molar-refractivity contribution is 0.188. The highest BCUT2D eigenvalue weighted by atomic mass is 127. The first-order valence-corrected chi connectivity index (χ1v) is 9.75. The van der Waals surface area contributed by atoms with Gasteiger partial charge in [0, 0.05) is 13.1 Å². The second-order valence-electron chi connectivity index (χ2n) is 6.97. The lowest BCUT2D eigenvalue weighted by Gasteiger charge is -2.30. The quantitative estimate of drug-likeness (QED) is 0.337. The summed E-state index contributed by atoms with van der Waals surface area (Å²) < 4.78 is 26.5. The number of benzene rings is 1. The Kier molecular flexibility index (Phi) is 11.1. The molecule has 2 rings (SSSR count). The number of hydrogen-bond donors (Lipinski definition) is 2. The van der Waals surface area contributed by atoms with E-state index in [1.54, 1.807) is 6.07 Å². The van der Waals surface area contributed by atoms with Crippen molar-refractivity contribution in [2.75, 3.05) is 32.7 Å². The number of aliphatic imine (C=N–C) groups is 1. The number of rotatable bonds is 7. The molecule has 1 aliphatic heterocycles. The van der Waals surface area contributed by atoms with Crippen LogP contribution in [0.2, 0.25) is 0 Å². The first kappa shape index (κ1) is 24.1. The molecule has 1 saturated heterocycles. The van der Waals surface area contributed by atoms with Gasteiger partial charge in [-0.3, -0.25) is 4.99 Å². The molecule has 4 nitrogen and oxygen atoms in total. The molecule has 0 aromatic heterocycles. The van der Waals surface area contributed by atoms with E-state index in [4.69, 9.17) is 0 Å². The topological polar surface area (TPSA) is 39.7 Å². The molecule has 0 bridgehead atoms. The fourth-order valence-corrected chi connectivity index (χ4v) is 3.34. The summed E-state index contributed by atoms with van der Waals surface area (Å²) in [7, 11) is 0. The summed E-state index contributed by atoms with van der Waals surface area (Å²) in [6, 6.07) is 3.84. The Morgan fingerprint density at radius 2 is 1.93 bits per heavy atom. The molecule has 7 heteroatoms. The number of nitrogens with one attached hydrogen (secondary N) is 2. The van der Waals surface area contributed by atoms with Crippen LogP contribution in [0.1, 0.15) is 51.6 Å². The fraction of sp³-hybridized carbons (Fsp3) is 0.650. The Hall–Kier alpha value is -0.960. The maximum absolute atomic E-state index is 13.4. The molecule has 1 aromatic rings. The van der Waals surface area contributed by atoms with Crippen LogP contribution < -0.4 is 10.6 Å². The van der Waals surface area contributed by atoms with Gasteiger partial charge in [-0.1, -0.05) is 13.0 Å². The number of hydrogen-bond acceptors (Lipinski definition) is 2. The Labute approximate surface area is 179 Å². The van der Waals surface area contributed by atoms with Gasteiger partial charge in [-0.2, -0.15) is 0 Å². The lowest BCUT2D eigenvalue weighted by Crippen LogP contribution is -2.39. The summed E-state index contributed by atoms with van der Waals surface area (Å²) >= 11 is 0. The Bertz CT molecular complexity index is 589. The predicted octanol–water partition coefficient (Wildman–Crippen LogP) is 4.32. The lowest BCUT2D eigenvalue weighted by atomic mass is 9.94. The third-order valence-electron chi connectivity index (χ3n) is 5.10. The summed E-state index contributed by atoms with van der Waals surface area (Å²) in [5.41, 5.74) is 0.696. The van der Waals surface area contributed by atoms with Gasteiger partial charge in [-0.15, -0.1) is 24.0 Å². The smallest absolute Gasteiger partial charge is 0.191 e. The number of likely N-dealkylation sites (tertiary alicyclic amines) is 1. The maximum Gasteiger partial charge on any atom is 0.191 e. The van der Waals surface area contributed by atoms with Gasteiger partial charge in [-0.25, -0.2) is 8.78 Å². The van der Waals surface area contributed by atoms with Crippen molar-refractivity contribution in [3.8, 4) is 0 Å². The van der Waals surface area contributed by atoms with Crippen molar-refractivity contribution in [1.29, 1.82) is 0 Å².